The lowest BCUT2D eigenvalue weighted by atomic mass is 10.2. The molecule has 0 heterocycles. The number of hydrogen-bond acceptors (Lipinski definition) is 3. The van der Waals surface area contributed by atoms with Gasteiger partial charge in [0, 0.05) is 16.7 Å². The van der Waals surface area contributed by atoms with E-state index in [1.165, 1.54) is 31.4 Å². The van der Waals surface area contributed by atoms with Gasteiger partial charge in [-0.05, 0) is 36.4 Å². The van der Waals surface area contributed by atoms with Crippen LogP contribution in [0, 0.1) is 5.82 Å². The summed E-state index contributed by atoms with van der Waals surface area (Å²) in [6, 6.07) is 18.6. The van der Waals surface area contributed by atoms with Crippen molar-refractivity contribution < 1.29 is 17.5 Å². The number of benzene rings is 3. The summed E-state index contributed by atoms with van der Waals surface area (Å²) in [7, 11) is -2.53. The Balaban J connectivity index is 2.12. The van der Waals surface area contributed by atoms with Crippen molar-refractivity contribution >= 4 is 27.3 Å². The van der Waals surface area contributed by atoms with Crippen LogP contribution in [-0.2, 0) is 16.6 Å². The van der Waals surface area contributed by atoms with E-state index in [1.54, 1.807) is 48.5 Å². The molecule has 0 aromatic heterocycles. The molecule has 27 heavy (non-hydrogen) atoms. The highest BCUT2D eigenvalue weighted by Gasteiger charge is 2.26. The van der Waals surface area contributed by atoms with Crippen LogP contribution in [0.1, 0.15) is 5.56 Å². The third-order valence-corrected chi connectivity index (χ3v) is 6.00. The molecule has 140 valence electrons. The summed E-state index contributed by atoms with van der Waals surface area (Å²) >= 11 is 6.05. The number of ether oxygens (including phenoxy) is 1. The van der Waals surface area contributed by atoms with E-state index in [4.69, 9.17) is 16.3 Å². The second-order valence-electron chi connectivity index (χ2n) is 5.76. The highest BCUT2D eigenvalue weighted by atomic mass is 35.5. The van der Waals surface area contributed by atoms with Crippen LogP contribution < -0.4 is 9.04 Å². The van der Waals surface area contributed by atoms with Gasteiger partial charge < -0.3 is 4.74 Å². The molecular formula is C20H17ClFNO3S. The molecular weight excluding hydrogens is 389 g/mol. The van der Waals surface area contributed by atoms with Gasteiger partial charge in [-0.1, -0.05) is 41.9 Å². The van der Waals surface area contributed by atoms with Crippen molar-refractivity contribution in [3.63, 3.8) is 0 Å². The fourth-order valence-corrected chi connectivity index (χ4v) is 4.27. The van der Waals surface area contributed by atoms with Gasteiger partial charge in [0.15, 0.2) is 0 Å². The molecule has 0 fully saturated rings. The van der Waals surface area contributed by atoms with E-state index in [0.717, 1.165) is 4.31 Å². The molecule has 0 aliphatic carbocycles. The van der Waals surface area contributed by atoms with Crippen molar-refractivity contribution in [2.24, 2.45) is 0 Å². The Morgan fingerprint density at radius 3 is 2.44 bits per heavy atom. The van der Waals surface area contributed by atoms with Crippen LogP contribution in [0.5, 0.6) is 5.75 Å². The summed E-state index contributed by atoms with van der Waals surface area (Å²) in [5.41, 5.74) is 0.595. The molecule has 0 N–H and O–H groups in total. The molecule has 0 bridgehead atoms. The Bertz CT molecular complexity index is 1060. The fourth-order valence-electron chi connectivity index (χ4n) is 2.62. The highest BCUT2D eigenvalue weighted by molar-refractivity contribution is 7.92. The molecule has 0 atom stereocenters. The fraction of sp³-hybridized carbons (Fsp3) is 0.100. The molecule has 3 rings (SSSR count). The van der Waals surface area contributed by atoms with Gasteiger partial charge in [-0.2, -0.15) is 0 Å². The molecule has 0 aliphatic rings. The van der Waals surface area contributed by atoms with Gasteiger partial charge in [0.25, 0.3) is 10.0 Å². The summed E-state index contributed by atoms with van der Waals surface area (Å²) < 4.78 is 47.1. The van der Waals surface area contributed by atoms with Crippen molar-refractivity contribution in [2.45, 2.75) is 11.4 Å². The van der Waals surface area contributed by atoms with Gasteiger partial charge in [-0.25, -0.2) is 12.8 Å². The molecule has 0 saturated heterocycles. The smallest absolute Gasteiger partial charge is 0.264 e. The minimum Gasteiger partial charge on any atom is -0.497 e. The molecule has 0 spiro atoms. The third kappa shape index (κ3) is 4.23. The standard InChI is InChI=1S/C20H17ClFNO3S/c1-26-18-9-5-10-19(13-18)27(24,25)23(17-8-4-7-16(21)12-17)14-15-6-2-3-11-20(15)22/h2-13H,14H2,1H3. The zero-order valence-corrected chi connectivity index (χ0v) is 16.0. The Morgan fingerprint density at radius 1 is 1.00 bits per heavy atom. The summed E-state index contributed by atoms with van der Waals surface area (Å²) in [4.78, 5) is 0.0400. The van der Waals surface area contributed by atoms with Crippen molar-refractivity contribution in [3.8, 4) is 5.75 Å². The maximum Gasteiger partial charge on any atom is 0.264 e. The van der Waals surface area contributed by atoms with Gasteiger partial charge in [-0.15, -0.1) is 0 Å². The SMILES string of the molecule is COc1cccc(S(=O)(=O)N(Cc2ccccc2F)c2cccc(Cl)c2)c1. The molecule has 0 radical (unpaired) electrons. The molecule has 7 heteroatoms. The average molecular weight is 406 g/mol. The lowest BCUT2D eigenvalue weighted by Crippen LogP contribution is -2.31. The maximum absolute atomic E-state index is 14.2. The van der Waals surface area contributed by atoms with Crippen LogP contribution >= 0.6 is 11.6 Å². The van der Waals surface area contributed by atoms with E-state index in [9.17, 15) is 12.8 Å². The van der Waals surface area contributed by atoms with Gasteiger partial charge in [-0.3, -0.25) is 4.31 Å². The predicted octanol–water partition coefficient (Wildman–Crippen LogP) is 4.88. The number of nitrogens with zero attached hydrogens (tertiary/aromatic N) is 1. The molecule has 4 nitrogen and oxygen atoms in total. The number of methoxy groups -OCH3 is 1. The normalized spacial score (nSPS) is 11.2. The zero-order chi connectivity index (χ0) is 19.4. The lowest BCUT2D eigenvalue weighted by molar-refractivity contribution is 0.413. The average Bonchev–Trinajstić information content (AvgIpc) is 2.67. The van der Waals surface area contributed by atoms with Crippen molar-refractivity contribution in [2.75, 3.05) is 11.4 Å². The summed E-state index contributed by atoms with van der Waals surface area (Å²) in [6.45, 7) is -0.174. The van der Waals surface area contributed by atoms with E-state index in [-0.39, 0.29) is 17.0 Å². The monoisotopic (exact) mass is 405 g/mol. The van der Waals surface area contributed by atoms with Crippen molar-refractivity contribution in [1.82, 2.24) is 0 Å². The quantitative estimate of drug-likeness (QED) is 0.587. The molecule has 0 aliphatic heterocycles. The zero-order valence-electron chi connectivity index (χ0n) is 14.5. The summed E-state index contributed by atoms with van der Waals surface area (Å²) in [6.07, 6.45) is 0. The first-order chi connectivity index (χ1) is 12.9. The van der Waals surface area contributed by atoms with Crippen molar-refractivity contribution in [3.05, 3.63) is 89.2 Å². The summed E-state index contributed by atoms with van der Waals surface area (Å²) in [5, 5.41) is 0.381. The Morgan fingerprint density at radius 2 is 1.74 bits per heavy atom. The van der Waals surface area contributed by atoms with Gasteiger partial charge in [0.05, 0.1) is 24.2 Å². The second kappa shape index (κ2) is 7.98. The molecule has 0 unspecified atom stereocenters. The van der Waals surface area contributed by atoms with Crippen LogP contribution in [0.15, 0.2) is 77.7 Å². The third-order valence-electron chi connectivity index (χ3n) is 4.00. The van der Waals surface area contributed by atoms with Crippen LogP contribution in [0.2, 0.25) is 5.02 Å². The van der Waals surface area contributed by atoms with Gasteiger partial charge in [0.1, 0.15) is 11.6 Å². The van der Waals surface area contributed by atoms with Crippen molar-refractivity contribution in [1.29, 1.82) is 0 Å². The van der Waals surface area contributed by atoms with Crippen LogP contribution in [-0.4, -0.2) is 15.5 Å². The first-order valence-corrected chi connectivity index (χ1v) is 9.89. The topological polar surface area (TPSA) is 46.6 Å². The second-order valence-corrected chi connectivity index (χ2v) is 8.06. The van der Waals surface area contributed by atoms with E-state index in [2.05, 4.69) is 0 Å². The van der Waals surface area contributed by atoms with Crippen LogP contribution in [0.3, 0.4) is 0 Å². The minimum absolute atomic E-state index is 0.0400. The van der Waals surface area contributed by atoms with E-state index in [0.29, 0.717) is 16.5 Å². The molecule has 0 amide bonds. The molecule has 3 aromatic carbocycles. The predicted molar refractivity (Wildman–Crippen MR) is 104 cm³/mol. The number of sulfonamides is 1. The van der Waals surface area contributed by atoms with E-state index < -0.39 is 15.8 Å². The maximum atomic E-state index is 14.2. The van der Waals surface area contributed by atoms with Crippen LogP contribution in [0.4, 0.5) is 10.1 Å². The Labute approximate surface area is 162 Å². The molecule has 3 aromatic rings. The van der Waals surface area contributed by atoms with E-state index >= 15 is 0 Å². The number of hydrogen-bond donors (Lipinski definition) is 0. The number of rotatable bonds is 6. The first-order valence-electron chi connectivity index (χ1n) is 8.07. The number of halogens is 2. The highest BCUT2D eigenvalue weighted by Crippen LogP contribution is 2.29. The molecule has 0 saturated carbocycles. The largest absolute Gasteiger partial charge is 0.497 e. The van der Waals surface area contributed by atoms with Gasteiger partial charge in [0.2, 0.25) is 0 Å². The number of anilines is 1. The van der Waals surface area contributed by atoms with Crippen LogP contribution in [0.25, 0.3) is 0 Å². The van der Waals surface area contributed by atoms with E-state index in [1.807, 2.05) is 0 Å². The summed E-state index contributed by atoms with van der Waals surface area (Å²) in [5.74, 6) is -0.0709. The Hall–Kier alpha value is -2.57. The minimum atomic E-state index is -3.99. The van der Waals surface area contributed by atoms with Gasteiger partial charge >= 0.3 is 0 Å². The lowest BCUT2D eigenvalue weighted by Gasteiger charge is -2.25. The Kier molecular flexibility index (Phi) is 5.68. The first kappa shape index (κ1) is 19.2.